The van der Waals surface area contributed by atoms with Gasteiger partial charge in [0.25, 0.3) is 0 Å². The van der Waals surface area contributed by atoms with E-state index in [0.29, 0.717) is 6.61 Å². The molecule has 1 nitrogen and oxygen atoms in total. The molecule has 0 atom stereocenters. The Morgan fingerprint density at radius 3 is 3.00 bits per heavy atom. The van der Waals surface area contributed by atoms with Gasteiger partial charge in [-0.2, -0.15) is 0 Å². The predicted octanol–water partition coefficient (Wildman–Crippen LogP) is 3.26. The van der Waals surface area contributed by atoms with Crippen LogP contribution >= 0.6 is 15.9 Å². The summed E-state index contributed by atoms with van der Waals surface area (Å²) in [5, 5.41) is 0. The van der Waals surface area contributed by atoms with Crippen LogP contribution in [0.15, 0.2) is 23.2 Å². The number of fused-ring (bicyclic) bond motifs is 1. The zero-order valence-electron chi connectivity index (χ0n) is 6.86. The number of hydrogen-bond donors (Lipinski definition) is 0. The Morgan fingerprint density at radius 1 is 1.50 bits per heavy atom. The van der Waals surface area contributed by atoms with Gasteiger partial charge in [0, 0.05) is 15.6 Å². The molecule has 0 aliphatic carbocycles. The molecule has 2 heteroatoms. The Hall–Kier alpha value is -0.760. The number of ether oxygens (including phenoxy) is 1. The highest BCUT2D eigenvalue weighted by atomic mass is 79.9. The van der Waals surface area contributed by atoms with Crippen LogP contribution in [0.25, 0.3) is 5.76 Å². The maximum absolute atomic E-state index is 5.34. The summed E-state index contributed by atoms with van der Waals surface area (Å²) in [6, 6.07) is 4.08. The monoisotopic (exact) mass is 224 g/mol. The fourth-order valence-corrected chi connectivity index (χ4v) is 1.78. The van der Waals surface area contributed by atoms with E-state index in [-0.39, 0.29) is 0 Å². The van der Waals surface area contributed by atoms with Gasteiger partial charge >= 0.3 is 0 Å². The number of benzene rings is 1. The minimum absolute atomic E-state index is 0.666. The van der Waals surface area contributed by atoms with Crippen molar-refractivity contribution in [2.45, 2.75) is 13.5 Å². The third-order valence-corrected chi connectivity index (χ3v) is 3.08. The zero-order valence-corrected chi connectivity index (χ0v) is 8.44. The van der Waals surface area contributed by atoms with Crippen molar-refractivity contribution in [2.24, 2.45) is 0 Å². The standard InChI is InChI=1S/C10H9BrO/c1-6-9-5-12-7(2)8(9)3-4-10(6)11/h3-4H,2,5H2,1H3. The molecule has 1 aromatic rings. The van der Waals surface area contributed by atoms with Gasteiger partial charge in [0.2, 0.25) is 0 Å². The highest BCUT2D eigenvalue weighted by molar-refractivity contribution is 9.10. The van der Waals surface area contributed by atoms with Crippen molar-refractivity contribution >= 4 is 21.7 Å². The van der Waals surface area contributed by atoms with E-state index in [4.69, 9.17) is 4.74 Å². The van der Waals surface area contributed by atoms with Gasteiger partial charge in [-0.1, -0.05) is 22.5 Å². The summed E-state index contributed by atoms with van der Waals surface area (Å²) in [4.78, 5) is 0. The van der Waals surface area contributed by atoms with Crippen molar-refractivity contribution < 1.29 is 4.74 Å². The third kappa shape index (κ3) is 0.985. The molecule has 1 aromatic carbocycles. The first-order valence-corrected chi connectivity index (χ1v) is 4.59. The van der Waals surface area contributed by atoms with Crippen molar-refractivity contribution in [3.05, 3.63) is 39.9 Å². The second-order valence-corrected chi connectivity index (χ2v) is 3.76. The number of halogens is 1. The van der Waals surface area contributed by atoms with E-state index in [0.717, 1.165) is 15.8 Å². The first kappa shape index (κ1) is 7.87. The average Bonchev–Trinajstić information content (AvgIpc) is 2.41. The average molecular weight is 225 g/mol. The quantitative estimate of drug-likeness (QED) is 0.658. The minimum Gasteiger partial charge on any atom is -0.489 e. The predicted molar refractivity (Wildman–Crippen MR) is 52.7 cm³/mol. The van der Waals surface area contributed by atoms with E-state index < -0.39 is 0 Å². The van der Waals surface area contributed by atoms with Crippen molar-refractivity contribution in [3.8, 4) is 0 Å². The molecule has 1 aliphatic heterocycles. The lowest BCUT2D eigenvalue weighted by atomic mass is 10.0. The number of rotatable bonds is 0. The van der Waals surface area contributed by atoms with Gasteiger partial charge in [0.05, 0.1) is 0 Å². The van der Waals surface area contributed by atoms with Crippen LogP contribution in [-0.2, 0) is 11.3 Å². The SMILES string of the molecule is C=C1OCc2c1ccc(Br)c2C. The summed E-state index contributed by atoms with van der Waals surface area (Å²) in [5.41, 5.74) is 3.66. The molecule has 62 valence electrons. The molecule has 0 N–H and O–H groups in total. The Bertz CT molecular complexity index is 355. The summed E-state index contributed by atoms with van der Waals surface area (Å²) in [5.74, 6) is 0.792. The van der Waals surface area contributed by atoms with Gasteiger partial charge in [0.1, 0.15) is 12.4 Å². The van der Waals surface area contributed by atoms with Crippen LogP contribution in [0.5, 0.6) is 0 Å². The molecule has 0 spiro atoms. The van der Waals surface area contributed by atoms with Crippen molar-refractivity contribution in [1.29, 1.82) is 0 Å². The van der Waals surface area contributed by atoms with E-state index in [1.54, 1.807) is 0 Å². The number of hydrogen-bond acceptors (Lipinski definition) is 1. The highest BCUT2D eigenvalue weighted by Crippen LogP contribution is 2.33. The van der Waals surface area contributed by atoms with Crippen LogP contribution in [-0.4, -0.2) is 0 Å². The molecule has 0 amide bonds. The summed E-state index contributed by atoms with van der Waals surface area (Å²) >= 11 is 3.48. The van der Waals surface area contributed by atoms with Gasteiger partial charge < -0.3 is 4.74 Å². The zero-order chi connectivity index (χ0) is 8.72. The second-order valence-electron chi connectivity index (χ2n) is 2.91. The summed E-state index contributed by atoms with van der Waals surface area (Å²) < 4.78 is 6.48. The fraction of sp³-hybridized carbons (Fsp3) is 0.200. The first-order chi connectivity index (χ1) is 5.70. The Balaban J connectivity index is 2.68. The van der Waals surface area contributed by atoms with Crippen molar-refractivity contribution in [2.75, 3.05) is 0 Å². The van der Waals surface area contributed by atoms with E-state index in [1.807, 2.05) is 12.1 Å². The summed E-state index contributed by atoms with van der Waals surface area (Å²) in [6.07, 6.45) is 0. The molecular weight excluding hydrogens is 216 g/mol. The van der Waals surface area contributed by atoms with Crippen LogP contribution in [0.2, 0.25) is 0 Å². The van der Waals surface area contributed by atoms with Crippen LogP contribution in [0.3, 0.4) is 0 Å². The molecule has 1 aliphatic rings. The van der Waals surface area contributed by atoms with Gasteiger partial charge in [-0.15, -0.1) is 0 Å². The minimum atomic E-state index is 0.666. The van der Waals surface area contributed by atoms with Gasteiger partial charge in [-0.05, 0) is 24.6 Å². The molecule has 0 saturated carbocycles. The van der Waals surface area contributed by atoms with Crippen molar-refractivity contribution in [3.63, 3.8) is 0 Å². The fourth-order valence-electron chi connectivity index (χ4n) is 1.41. The van der Waals surface area contributed by atoms with Gasteiger partial charge in [-0.25, -0.2) is 0 Å². The Morgan fingerprint density at radius 2 is 2.25 bits per heavy atom. The lowest BCUT2D eigenvalue weighted by Gasteiger charge is -2.02. The van der Waals surface area contributed by atoms with E-state index >= 15 is 0 Å². The lowest BCUT2D eigenvalue weighted by Crippen LogP contribution is -1.87. The molecule has 1 heterocycles. The molecule has 0 radical (unpaired) electrons. The van der Waals surface area contributed by atoms with Crippen LogP contribution in [0, 0.1) is 6.92 Å². The third-order valence-electron chi connectivity index (χ3n) is 2.22. The highest BCUT2D eigenvalue weighted by Gasteiger charge is 2.18. The lowest BCUT2D eigenvalue weighted by molar-refractivity contribution is 0.286. The Kier molecular flexibility index (Phi) is 1.72. The first-order valence-electron chi connectivity index (χ1n) is 3.80. The molecule has 0 bridgehead atoms. The van der Waals surface area contributed by atoms with Gasteiger partial charge in [0.15, 0.2) is 0 Å². The van der Waals surface area contributed by atoms with Crippen molar-refractivity contribution in [1.82, 2.24) is 0 Å². The normalized spacial score (nSPS) is 14.3. The molecule has 0 aromatic heterocycles. The smallest absolute Gasteiger partial charge is 0.120 e. The van der Waals surface area contributed by atoms with Gasteiger partial charge in [-0.3, -0.25) is 0 Å². The molecule has 0 saturated heterocycles. The van der Waals surface area contributed by atoms with E-state index in [1.165, 1.54) is 11.1 Å². The summed E-state index contributed by atoms with van der Waals surface area (Å²) in [6.45, 7) is 6.58. The molecular formula is C10H9BrO. The summed E-state index contributed by atoms with van der Waals surface area (Å²) in [7, 11) is 0. The van der Waals surface area contributed by atoms with E-state index in [2.05, 4.69) is 29.4 Å². The second kappa shape index (κ2) is 2.63. The maximum atomic E-state index is 5.34. The van der Waals surface area contributed by atoms with Crippen LogP contribution in [0.1, 0.15) is 16.7 Å². The topological polar surface area (TPSA) is 9.23 Å². The van der Waals surface area contributed by atoms with E-state index in [9.17, 15) is 0 Å². The molecule has 2 rings (SSSR count). The maximum Gasteiger partial charge on any atom is 0.120 e. The van der Waals surface area contributed by atoms with Crippen LogP contribution < -0.4 is 0 Å². The molecule has 0 fully saturated rings. The molecule has 12 heavy (non-hydrogen) atoms. The Labute approximate surface area is 80.2 Å². The largest absolute Gasteiger partial charge is 0.489 e. The van der Waals surface area contributed by atoms with Crippen LogP contribution in [0.4, 0.5) is 0 Å². The molecule has 0 unspecified atom stereocenters.